The predicted octanol–water partition coefficient (Wildman–Crippen LogP) is 3.23. The smallest absolute Gasteiger partial charge is 0.119 e. The second kappa shape index (κ2) is 6.65. The summed E-state index contributed by atoms with van der Waals surface area (Å²) < 4.78 is 5.74. The van der Waals surface area contributed by atoms with Crippen LogP contribution in [0.2, 0.25) is 0 Å². The molecular weight excluding hydrogens is 210 g/mol. The van der Waals surface area contributed by atoms with E-state index in [-0.39, 0.29) is 0 Å². The third kappa shape index (κ3) is 4.78. The summed E-state index contributed by atoms with van der Waals surface area (Å²) in [6.45, 7) is 4.05. The molecule has 2 nitrogen and oxygen atoms in total. The monoisotopic (exact) mass is 233 g/mol. The first kappa shape index (κ1) is 12.4. The average Bonchev–Trinajstić information content (AvgIpc) is 3.15. The van der Waals surface area contributed by atoms with Gasteiger partial charge in [-0.15, -0.1) is 0 Å². The molecule has 0 amide bonds. The van der Waals surface area contributed by atoms with Crippen molar-refractivity contribution in [2.24, 2.45) is 5.92 Å². The van der Waals surface area contributed by atoms with Crippen molar-refractivity contribution in [1.82, 2.24) is 5.32 Å². The lowest BCUT2D eigenvalue weighted by Crippen LogP contribution is -2.31. The number of nitrogens with one attached hydrogen (secondary N) is 1. The fraction of sp³-hybridized carbons (Fsp3) is 0.600. The molecule has 0 aromatic heterocycles. The molecule has 0 heterocycles. The predicted molar refractivity (Wildman–Crippen MR) is 71.4 cm³/mol. The molecule has 0 radical (unpaired) electrons. The lowest BCUT2D eigenvalue weighted by Gasteiger charge is -2.17. The summed E-state index contributed by atoms with van der Waals surface area (Å²) in [4.78, 5) is 0. The third-order valence-corrected chi connectivity index (χ3v) is 3.29. The number of rotatable bonds is 8. The Kier molecular flexibility index (Phi) is 4.87. The summed E-state index contributed by atoms with van der Waals surface area (Å²) in [5.41, 5.74) is 0. The summed E-state index contributed by atoms with van der Waals surface area (Å²) in [7, 11) is 0. The summed E-state index contributed by atoms with van der Waals surface area (Å²) in [5, 5.41) is 3.56. The maximum absolute atomic E-state index is 5.74. The minimum atomic E-state index is 0.635. The molecule has 1 unspecified atom stereocenters. The highest BCUT2D eigenvalue weighted by atomic mass is 16.5. The normalized spacial score (nSPS) is 16.8. The number of ether oxygens (including phenoxy) is 1. The molecule has 1 aliphatic carbocycles. The molecule has 0 saturated heterocycles. The van der Waals surface area contributed by atoms with Crippen molar-refractivity contribution in [2.45, 2.75) is 38.6 Å². The quantitative estimate of drug-likeness (QED) is 0.744. The van der Waals surface area contributed by atoms with Crippen LogP contribution in [0.15, 0.2) is 30.3 Å². The van der Waals surface area contributed by atoms with Crippen LogP contribution < -0.4 is 10.1 Å². The number of hydrogen-bond acceptors (Lipinski definition) is 2. The molecule has 2 rings (SSSR count). The Bertz CT molecular complexity index is 308. The van der Waals surface area contributed by atoms with E-state index in [1.165, 1.54) is 19.3 Å². The van der Waals surface area contributed by atoms with E-state index in [4.69, 9.17) is 4.74 Å². The summed E-state index contributed by atoms with van der Waals surface area (Å²) >= 11 is 0. The molecule has 1 aromatic carbocycles. The average molecular weight is 233 g/mol. The first-order valence-electron chi connectivity index (χ1n) is 6.79. The Morgan fingerprint density at radius 3 is 2.71 bits per heavy atom. The van der Waals surface area contributed by atoms with Crippen LogP contribution >= 0.6 is 0 Å². The Morgan fingerprint density at radius 2 is 2.06 bits per heavy atom. The standard InChI is InChI=1S/C15H23NO/c1-2-16-14(12-13-8-9-13)10-11-17-15-6-4-3-5-7-15/h3-7,13-14,16H,2,8-12H2,1H3. The molecule has 1 atom stereocenters. The van der Waals surface area contributed by atoms with E-state index in [0.29, 0.717) is 6.04 Å². The van der Waals surface area contributed by atoms with Gasteiger partial charge in [-0.25, -0.2) is 0 Å². The van der Waals surface area contributed by atoms with Gasteiger partial charge in [0.15, 0.2) is 0 Å². The van der Waals surface area contributed by atoms with Crippen LogP contribution in [-0.4, -0.2) is 19.2 Å². The molecule has 17 heavy (non-hydrogen) atoms. The van der Waals surface area contributed by atoms with Crippen LogP contribution in [0.25, 0.3) is 0 Å². The van der Waals surface area contributed by atoms with Gasteiger partial charge in [0.25, 0.3) is 0 Å². The Hall–Kier alpha value is -1.02. The minimum absolute atomic E-state index is 0.635. The zero-order valence-corrected chi connectivity index (χ0v) is 10.7. The van der Waals surface area contributed by atoms with E-state index in [1.54, 1.807) is 0 Å². The van der Waals surface area contributed by atoms with Gasteiger partial charge in [-0.3, -0.25) is 0 Å². The van der Waals surface area contributed by atoms with Gasteiger partial charge in [0.05, 0.1) is 6.61 Å². The van der Waals surface area contributed by atoms with Crippen LogP contribution in [-0.2, 0) is 0 Å². The van der Waals surface area contributed by atoms with Crippen LogP contribution in [0.3, 0.4) is 0 Å². The van der Waals surface area contributed by atoms with E-state index in [0.717, 1.165) is 31.2 Å². The highest BCUT2D eigenvalue weighted by molar-refractivity contribution is 5.20. The van der Waals surface area contributed by atoms with E-state index < -0.39 is 0 Å². The Labute approximate surface area is 104 Å². The number of benzene rings is 1. The van der Waals surface area contributed by atoms with Crippen molar-refractivity contribution in [3.63, 3.8) is 0 Å². The van der Waals surface area contributed by atoms with Gasteiger partial charge in [0.1, 0.15) is 5.75 Å². The van der Waals surface area contributed by atoms with Crippen molar-refractivity contribution in [3.05, 3.63) is 30.3 Å². The van der Waals surface area contributed by atoms with Gasteiger partial charge >= 0.3 is 0 Å². The third-order valence-electron chi connectivity index (χ3n) is 3.29. The van der Waals surface area contributed by atoms with Gasteiger partial charge in [0, 0.05) is 6.04 Å². The molecule has 0 spiro atoms. The van der Waals surface area contributed by atoms with Gasteiger partial charge < -0.3 is 10.1 Å². The maximum atomic E-state index is 5.74. The largest absolute Gasteiger partial charge is 0.494 e. The SMILES string of the molecule is CCNC(CCOc1ccccc1)CC1CC1. The minimum Gasteiger partial charge on any atom is -0.494 e. The van der Waals surface area contributed by atoms with Gasteiger partial charge in [-0.2, -0.15) is 0 Å². The van der Waals surface area contributed by atoms with E-state index >= 15 is 0 Å². The molecule has 1 fully saturated rings. The van der Waals surface area contributed by atoms with Crippen LogP contribution in [0.1, 0.15) is 32.6 Å². The highest BCUT2D eigenvalue weighted by Crippen LogP contribution is 2.34. The Morgan fingerprint density at radius 1 is 1.29 bits per heavy atom. The van der Waals surface area contributed by atoms with Crippen LogP contribution in [0, 0.1) is 5.92 Å². The second-order valence-corrected chi connectivity index (χ2v) is 4.88. The molecular formula is C15H23NO. The highest BCUT2D eigenvalue weighted by Gasteiger charge is 2.24. The van der Waals surface area contributed by atoms with Crippen LogP contribution in [0.4, 0.5) is 0 Å². The molecule has 2 heteroatoms. The van der Waals surface area contributed by atoms with Crippen molar-refractivity contribution in [3.8, 4) is 5.75 Å². The lowest BCUT2D eigenvalue weighted by atomic mass is 10.1. The van der Waals surface area contributed by atoms with Crippen molar-refractivity contribution in [2.75, 3.05) is 13.2 Å². The summed E-state index contributed by atoms with van der Waals surface area (Å²) in [5.74, 6) is 1.96. The Balaban J connectivity index is 1.67. The zero-order valence-electron chi connectivity index (χ0n) is 10.7. The van der Waals surface area contributed by atoms with Crippen LogP contribution in [0.5, 0.6) is 5.75 Å². The molecule has 1 aromatic rings. The molecule has 0 bridgehead atoms. The van der Waals surface area contributed by atoms with Gasteiger partial charge in [0.2, 0.25) is 0 Å². The zero-order chi connectivity index (χ0) is 11.9. The fourth-order valence-electron chi connectivity index (χ4n) is 2.18. The molecule has 94 valence electrons. The number of hydrogen-bond donors (Lipinski definition) is 1. The van der Waals surface area contributed by atoms with Crippen molar-refractivity contribution >= 4 is 0 Å². The van der Waals surface area contributed by atoms with E-state index in [2.05, 4.69) is 12.2 Å². The topological polar surface area (TPSA) is 21.3 Å². The van der Waals surface area contributed by atoms with E-state index in [1.807, 2.05) is 30.3 Å². The fourth-order valence-corrected chi connectivity index (χ4v) is 2.18. The van der Waals surface area contributed by atoms with Crippen molar-refractivity contribution < 1.29 is 4.74 Å². The maximum Gasteiger partial charge on any atom is 0.119 e. The molecule has 0 aliphatic heterocycles. The summed E-state index contributed by atoms with van der Waals surface area (Å²) in [6, 6.07) is 10.7. The first-order valence-corrected chi connectivity index (χ1v) is 6.79. The number of para-hydroxylation sites is 1. The lowest BCUT2D eigenvalue weighted by molar-refractivity contribution is 0.279. The van der Waals surface area contributed by atoms with Gasteiger partial charge in [-0.05, 0) is 37.4 Å². The first-order chi connectivity index (χ1) is 8.38. The van der Waals surface area contributed by atoms with Gasteiger partial charge in [-0.1, -0.05) is 38.0 Å². The molecule has 1 N–H and O–H groups in total. The second-order valence-electron chi connectivity index (χ2n) is 4.88. The van der Waals surface area contributed by atoms with E-state index in [9.17, 15) is 0 Å². The summed E-state index contributed by atoms with van der Waals surface area (Å²) in [6.07, 6.45) is 5.30. The molecule has 1 saturated carbocycles. The molecule has 1 aliphatic rings. The van der Waals surface area contributed by atoms with Crippen molar-refractivity contribution in [1.29, 1.82) is 0 Å².